The van der Waals surface area contributed by atoms with E-state index < -0.39 is 23.1 Å². The topological polar surface area (TPSA) is 64.3 Å². The van der Waals surface area contributed by atoms with Gasteiger partial charge in [0.15, 0.2) is 11.6 Å². The molecule has 6 heteroatoms. The SMILES string of the molecule is COC(C)(C)CC(=O)Nc1c(N)ccc(F)c1F. The van der Waals surface area contributed by atoms with Crippen molar-refractivity contribution in [1.29, 1.82) is 0 Å². The van der Waals surface area contributed by atoms with Crippen molar-refractivity contribution in [3.63, 3.8) is 0 Å². The first-order valence-corrected chi connectivity index (χ1v) is 5.35. The lowest BCUT2D eigenvalue weighted by atomic mass is 10.0. The first-order valence-electron chi connectivity index (χ1n) is 5.35. The molecule has 0 aliphatic rings. The van der Waals surface area contributed by atoms with Gasteiger partial charge in [-0.3, -0.25) is 4.79 Å². The van der Waals surface area contributed by atoms with Gasteiger partial charge in [-0.05, 0) is 26.0 Å². The number of ether oxygens (including phenoxy) is 1. The number of methoxy groups -OCH3 is 1. The molecule has 1 aromatic rings. The van der Waals surface area contributed by atoms with Crippen LogP contribution in [0.15, 0.2) is 12.1 Å². The molecule has 1 rings (SSSR count). The average Bonchev–Trinajstić information content (AvgIpc) is 2.29. The fourth-order valence-electron chi connectivity index (χ4n) is 1.34. The first-order chi connectivity index (χ1) is 8.26. The van der Waals surface area contributed by atoms with Crippen LogP contribution >= 0.6 is 0 Å². The van der Waals surface area contributed by atoms with E-state index in [1.807, 2.05) is 0 Å². The van der Waals surface area contributed by atoms with Crippen molar-refractivity contribution in [2.75, 3.05) is 18.2 Å². The third kappa shape index (κ3) is 3.40. The van der Waals surface area contributed by atoms with E-state index in [4.69, 9.17) is 10.5 Å². The van der Waals surface area contributed by atoms with Gasteiger partial charge in [-0.2, -0.15) is 0 Å². The molecule has 1 amide bonds. The van der Waals surface area contributed by atoms with Crippen LogP contribution in [-0.2, 0) is 9.53 Å². The third-order valence-electron chi connectivity index (χ3n) is 2.53. The summed E-state index contributed by atoms with van der Waals surface area (Å²) in [4.78, 5) is 11.7. The molecule has 0 unspecified atom stereocenters. The lowest BCUT2D eigenvalue weighted by Gasteiger charge is -2.22. The Bertz CT molecular complexity index is 462. The Kier molecular flexibility index (Phi) is 4.24. The molecule has 0 aliphatic heterocycles. The number of rotatable bonds is 4. The number of hydrogen-bond acceptors (Lipinski definition) is 3. The second kappa shape index (κ2) is 5.30. The summed E-state index contributed by atoms with van der Waals surface area (Å²) in [6.45, 7) is 3.41. The molecule has 1 aromatic carbocycles. The van der Waals surface area contributed by atoms with Crippen LogP contribution in [0.4, 0.5) is 20.2 Å². The molecule has 0 heterocycles. The summed E-state index contributed by atoms with van der Waals surface area (Å²) in [5.74, 6) is -2.73. The summed E-state index contributed by atoms with van der Waals surface area (Å²) in [5, 5.41) is 2.25. The van der Waals surface area contributed by atoms with Gasteiger partial charge in [-0.15, -0.1) is 0 Å². The number of nitrogens with one attached hydrogen (secondary N) is 1. The van der Waals surface area contributed by atoms with Crippen molar-refractivity contribution < 1.29 is 18.3 Å². The highest BCUT2D eigenvalue weighted by Gasteiger charge is 2.23. The van der Waals surface area contributed by atoms with Crippen LogP contribution in [0.3, 0.4) is 0 Å². The fourth-order valence-corrected chi connectivity index (χ4v) is 1.34. The van der Waals surface area contributed by atoms with Crippen LogP contribution in [0.1, 0.15) is 20.3 Å². The van der Waals surface area contributed by atoms with Gasteiger partial charge in [0, 0.05) is 7.11 Å². The van der Waals surface area contributed by atoms with Crippen LogP contribution in [0, 0.1) is 11.6 Å². The molecule has 0 bridgehead atoms. The van der Waals surface area contributed by atoms with Crippen LogP contribution in [-0.4, -0.2) is 18.6 Å². The van der Waals surface area contributed by atoms with E-state index in [1.54, 1.807) is 13.8 Å². The van der Waals surface area contributed by atoms with E-state index in [2.05, 4.69) is 5.32 Å². The zero-order chi connectivity index (χ0) is 13.9. The molecular weight excluding hydrogens is 242 g/mol. The maximum atomic E-state index is 13.4. The second-order valence-corrected chi connectivity index (χ2v) is 4.51. The minimum Gasteiger partial charge on any atom is -0.397 e. The molecule has 0 atom stereocenters. The van der Waals surface area contributed by atoms with Gasteiger partial charge in [0.05, 0.1) is 17.7 Å². The summed E-state index contributed by atoms with van der Waals surface area (Å²) in [7, 11) is 1.46. The number of amides is 1. The summed E-state index contributed by atoms with van der Waals surface area (Å²) in [6.07, 6.45) is -0.00110. The first kappa shape index (κ1) is 14.4. The maximum absolute atomic E-state index is 13.4. The number of carbonyl (C=O) groups excluding carboxylic acids is 1. The molecule has 0 saturated heterocycles. The molecule has 0 radical (unpaired) electrons. The largest absolute Gasteiger partial charge is 0.397 e. The smallest absolute Gasteiger partial charge is 0.227 e. The van der Waals surface area contributed by atoms with E-state index >= 15 is 0 Å². The number of nitrogen functional groups attached to an aromatic ring is 1. The van der Waals surface area contributed by atoms with Crippen molar-refractivity contribution in [2.24, 2.45) is 0 Å². The van der Waals surface area contributed by atoms with E-state index in [0.717, 1.165) is 6.07 Å². The molecule has 0 spiro atoms. The highest BCUT2D eigenvalue weighted by Crippen LogP contribution is 2.25. The summed E-state index contributed by atoms with van der Waals surface area (Å²) in [5.41, 5.74) is 4.42. The Morgan fingerprint density at radius 2 is 2.06 bits per heavy atom. The van der Waals surface area contributed by atoms with Crippen LogP contribution in [0.25, 0.3) is 0 Å². The van der Waals surface area contributed by atoms with Crippen molar-refractivity contribution in [1.82, 2.24) is 0 Å². The normalized spacial score (nSPS) is 11.4. The van der Waals surface area contributed by atoms with Gasteiger partial charge in [0.1, 0.15) is 5.69 Å². The molecule has 0 aromatic heterocycles. The number of benzene rings is 1. The Morgan fingerprint density at radius 1 is 1.44 bits per heavy atom. The predicted molar refractivity (Wildman–Crippen MR) is 65.1 cm³/mol. The van der Waals surface area contributed by atoms with Gasteiger partial charge < -0.3 is 15.8 Å². The molecule has 18 heavy (non-hydrogen) atoms. The summed E-state index contributed by atoms with van der Waals surface area (Å²) >= 11 is 0. The van der Waals surface area contributed by atoms with Gasteiger partial charge in [-0.1, -0.05) is 0 Å². The molecule has 4 nitrogen and oxygen atoms in total. The number of hydrogen-bond donors (Lipinski definition) is 2. The van der Waals surface area contributed by atoms with Gasteiger partial charge >= 0.3 is 0 Å². The monoisotopic (exact) mass is 258 g/mol. The Morgan fingerprint density at radius 3 is 2.61 bits per heavy atom. The van der Waals surface area contributed by atoms with Crippen molar-refractivity contribution in [3.8, 4) is 0 Å². The Labute approximate surface area is 104 Å². The van der Waals surface area contributed by atoms with Crippen molar-refractivity contribution >= 4 is 17.3 Å². The Balaban J connectivity index is 2.86. The van der Waals surface area contributed by atoms with Gasteiger partial charge in [0.2, 0.25) is 5.91 Å². The standard InChI is InChI=1S/C12H16F2N2O2/c1-12(2,18-3)6-9(17)16-11-8(15)5-4-7(13)10(11)14/h4-5H,6,15H2,1-3H3,(H,16,17). The lowest BCUT2D eigenvalue weighted by Crippen LogP contribution is -2.30. The Hall–Kier alpha value is -1.69. The number of carbonyl (C=O) groups is 1. The predicted octanol–water partition coefficient (Wildman–Crippen LogP) is 2.30. The average molecular weight is 258 g/mol. The van der Waals surface area contributed by atoms with E-state index in [0.29, 0.717) is 0 Å². The second-order valence-electron chi connectivity index (χ2n) is 4.51. The molecule has 100 valence electrons. The van der Waals surface area contributed by atoms with Gasteiger partial charge in [-0.25, -0.2) is 8.78 Å². The van der Waals surface area contributed by atoms with E-state index in [9.17, 15) is 13.6 Å². The fraction of sp³-hybridized carbons (Fsp3) is 0.417. The highest BCUT2D eigenvalue weighted by atomic mass is 19.2. The summed E-state index contributed by atoms with van der Waals surface area (Å²) in [6, 6.07) is 2.09. The molecule has 0 fully saturated rings. The molecule has 0 aliphatic carbocycles. The highest BCUT2D eigenvalue weighted by molar-refractivity contribution is 5.94. The zero-order valence-corrected chi connectivity index (χ0v) is 10.5. The maximum Gasteiger partial charge on any atom is 0.227 e. The summed E-state index contributed by atoms with van der Waals surface area (Å²) < 4.78 is 31.5. The van der Waals surface area contributed by atoms with E-state index in [-0.39, 0.29) is 17.8 Å². The minimum absolute atomic E-state index is 0.00110. The van der Waals surface area contributed by atoms with Crippen LogP contribution < -0.4 is 11.1 Å². The van der Waals surface area contributed by atoms with Gasteiger partial charge in [0.25, 0.3) is 0 Å². The van der Waals surface area contributed by atoms with E-state index in [1.165, 1.54) is 13.2 Å². The molecular formula is C12H16F2N2O2. The quantitative estimate of drug-likeness (QED) is 0.814. The molecule has 3 N–H and O–H groups in total. The van der Waals surface area contributed by atoms with Crippen LogP contribution in [0.5, 0.6) is 0 Å². The lowest BCUT2D eigenvalue weighted by molar-refractivity contribution is -0.121. The zero-order valence-electron chi connectivity index (χ0n) is 10.5. The van der Waals surface area contributed by atoms with Crippen molar-refractivity contribution in [2.45, 2.75) is 25.9 Å². The minimum atomic E-state index is -1.17. The number of halogens is 2. The number of anilines is 2. The molecule has 0 saturated carbocycles. The third-order valence-corrected chi connectivity index (χ3v) is 2.53. The van der Waals surface area contributed by atoms with Crippen LogP contribution in [0.2, 0.25) is 0 Å². The van der Waals surface area contributed by atoms with Crippen molar-refractivity contribution in [3.05, 3.63) is 23.8 Å². The number of nitrogens with two attached hydrogens (primary N) is 1.